The third-order valence-corrected chi connectivity index (χ3v) is 11.7. The Morgan fingerprint density at radius 2 is 0.745 bits per heavy atom. The second kappa shape index (κ2) is 47.2. The van der Waals surface area contributed by atoms with Gasteiger partial charge in [0.05, 0.1) is 18.8 Å². The first-order valence-corrected chi connectivity index (χ1v) is 25.0. The first-order valence-electron chi connectivity index (χ1n) is 25.0. The molecular formula is C51H99NO3. The van der Waals surface area contributed by atoms with Gasteiger partial charge in [-0.1, -0.05) is 250 Å². The van der Waals surface area contributed by atoms with Gasteiger partial charge in [0.1, 0.15) is 0 Å². The normalized spacial score (nSPS) is 13.0. The van der Waals surface area contributed by atoms with Crippen molar-refractivity contribution in [1.29, 1.82) is 0 Å². The maximum atomic E-state index is 12.4. The van der Waals surface area contributed by atoms with Crippen molar-refractivity contribution in [2.75, 3.05) is 6.61 Å². The van der Waals surface area contributed by atoms with Crippen LogP contribution >= 0.6 is 0 Å². The summed E-state index contributed by atoms with van der Waals surface area (Å²) in [6.07, 6.45) is 61.4. The molecule has 4 heteroatoms. The molecule has 3 N–H and O–H groups in total. The highest BCUT2D eigenvalue weighted by molar-refractivity contribution is 5.76. The Morgan fingerprint density at radius 1 is 0.436 bits per heavy atom. The predicted octanol–water partition coefficient (Wildman–Crippen LogP) is 16.0. The molecule has 0 aromatic rings. The Hall–Kier alpha value is -1.13. The molecule has 2 atom stereocenters. The molecule has 0 fully saturated rings. The van der Waals surface area contributed by atoms with Crippen LogP contribution in [0.4, 0.5) is 0 Å². The first-order chi connectivity index (χ1) is 27.2. The molecule has 0 saturated carbocycles. The predicted molar refractivity (Wildman–Crippen MR) is 244 cm³/mol. The van der Waals surface area contributed by atoms with Crippen LogP contribution in [-0.2, 0) is 4.79 Å². The molecule has 0 aliphatic heterocycles. The minimum absolute atomic E-state index is 0.0281. The van der Waals surface area contributed by atoms with Gasteiger partial charge in [0, 0.05) is 6.42 Å². The minimum Gasteiger partial charge on any atom is -0.394 e. The minimum atomic E-state index is -0.655. The van der Waals surface area contributed by atoms with Crippen LogP contribution in [0.15, 0.2) is 24.3 Å². The topological polar surface area (TPSA) is 69.6 Å². The molecular weight excluding hydrogens is 675 g/mol. The van der Waals surface area contributed by atoms with Crippen molar-refractivity contribution in [3.63, 3.8) is 0 Å². The van der Waals surface area contributed by atoms with E-state index in [1.54, 1.807) is 0 Å². The first kappa shape index (κ1) is 53.9. The fraction of sp³-hybridized carbons (Fsp3) is 0.902. The van der Waals surface area contributed by atoms with Gasteiger partial charge in [0.2, 0.25) is 5.91 Å². The lowest BCUT2D eigenvalue weighted by Crippen LogP contribution is -2.45. The second-order valence-electron chi connectivity index (χ2n) is 17.2. The van der Waals surface area contributed by atoms with Crippen molar-refractivity contribution >= 4 is 5.91 Å². The largest absolute Gasteiger partial charge is 0.394 e. The zero-order chi connectivity index (χ0) is 40.0. The summed E-state index contributed by atoms with van der Waals surface area (Å²) < 4.78 is 0. The van der Waals surface area contributed by atoms with E-state index in [0.29, 0.717) is 12.8 Å². The van der Waals surface area contributed by atoms with Crippen molar-refractivity contribution in [3.05, 3.63) is 24.3 Å². The molecule has 1 amide bonds. The zero-order valence-electron chi connectivity index (χ0n) is 37.5. The summed E-state index contributed by atoms with van der Waals surface area (Å²) in [5, 5.41) is 23.2. The van der Waals surface area contributed by atoms with Crippen molar-refractivity contribution in [1.82, 2.24) is 5.32 Å². The third-order valence-electron chi connectivity index (χ3n) is 11.7. The molecule has 55 heavy (non-hydrogen) atoms. The van der Waals surface area contributed by atoms with Gasteiger partial charge in [-0.15, -0.1) is 0 Å². The van der Waals surface area contributed by atoms with Crippen LogP contribution in [-0.4, -0.2) is 34.9 Å². The van der Waals surface area contributed by atoms with Gasteiger partial charge >= 0.3 is 0 Å². The van der Waals surface area contributed by atoms with Crippen LogP contribution in [0.2, 0.25) is 0 Å². The molecule has 4 nitrogen and oxygen atoms in total. The van der Waals surface area contributed by atoms with Crippen molar-refractivity contribution in [2.24, 2.45) is 0 Å². The number of aliphatic hydroxyl groups excluding tert-OH is 2. The van der Waals surface area contributed by atoms with Crippen LogP contribution in [0.5, 0.6) is 0 Å². The van der Waals surface area contributed by atoms with E-state index >= 15 is 0 Å². The second-order valence-corrected chi connectivity index (χ2v) is 17.2. The standard InChI is InChI=1S/C51H99NO3/c1-3-5-7-9-11-13-15-17-18-19-20-21-22-23-24-25-26-27-28-29-30-31-32-33-34-35-37-39-41-43-45-47-51(55)52-49(48-53)50(54)46-44-42-40-38-36-16-14-12-10-8-6-4-2/h15,17,19-20,49-50,53-54H,3-14,16,18,21-48H2,1-2H3,(H,52,55)/b17-15-,20-19-. The Labute approximate surface area is 345 Å². The zero-order valence-corrected chi connectivity index (χ0v) is 37.5. The van der Waals surface area contributed by atoms with E-state index in [1.807, 2.05) is 0 Å². The highest BCUT2D eigenvalue weighted by Gasteiger charge is 2.20. The molecule has 0 radical (unpaired) electrons. The lowest BCUT2D eigenvalue weighted by atomic mass is 10.0. The van der Waals surface area contributed by atoms with E-state index in [2.05, 4.69) is 43.5 Å². The number of unbranched alkanes of at least 4 members (excludes halogenated alkanes) is 35. The molecule has 0 heterocycles. The molecule has 0 rings (SSSR count). The van der Waals surface area contributed by atoms with E-state index in [1.165, 1.54) is 218 Å². The van der Waals surface area contributed by atoms with Crippen LogP contribution in [0, 0.1) is 0 Å². The summed E-state index contributed by atoms with van der Waals surface area (Å²) in [6, 6.07) is -0.532. The van der Waals surface area contributed by atoms with Gasteiger partial charge < -0.3 is 15.5 Å². The lowest BCUT2D eigenvalue weighted by molar-refractivity contribution is -0.123. The molecule has 326 valence electrons. The number of allylic oxidation sites excluding steroid dienone is 4. The molecule has 0 aliphatic rings. The quantitative estimate of drug-likeness (QED) is 0.0426. The van der Waals surface area contributed by atoms with Crippen LogP contribution in [0.25, 0.3) is 0 Å². The molecule has 0 spiro atoms. The summed E-state index contributed by atoms with van der Waals surface area (Å²) >= 11 is 0. The molecule has 0 aromatic carbocycles. The molecule has 0 aromatic heterocycles. The summed E-state index contributed by atoms with van der Waals surface area (Å²) in [6.45, 7) is 4.36. The summed E-state index contributed by atoms with van der Waals surface area (Å²) in [4.78, 5) is 12.4. The van der Waals surface area contributed by atoms with E-state index < -0.39 is 12.1 Å². The molecule has 0 aliphatic carbocycles. The van der Waals surface area contributed by atoms with Gasteiger partial charge in [-0.05, 0) is 44.9 Å². The van der Waals surface area contributed by atoms with Crippen molar-refractivity contribution in [2.45, 2.75) is 289 Å². The smallest absolute Gasteiger partial charge is 0.220 e. The third kappa shape index (κ3) is 43.8. The van der Waals surface area contributed by atoms with Crippen LogP contribution < -0.4 is 5.32 Å². The lowest BCUT2D eigenvalue weighted by Gasteiger charge is -2.22. The van der Waals surface area contributed by atoms with Crippen molar-refractivity contribution < 1.29 is 15.0 Å². The number of carbonyl (C=O) groups excluding carboxylic acids is 1. The van der Waals surface area contributed by atoms with Crippen LogP contribution in [0.1, 0.15) is 277 Å². The average molecular weight is 774 g/mol. The highest BCUT2D eigenvalue weighted by atomic mass is 16.3. The summed E-state index contributed by atoms with van der Waals surface area (Å²) in [5.41, 5.74) is 0. The molecule has 0 saturated heterocycles. The van der Waals surface area contributed by atoms with Gasteiger partial charge in [0.15, 0.2) is 0 Å². The maximum Gasteiger partial charge on any atom is 0.220 e. The number of nitrogens with one attached hydrogen (secondary N) is 1. The number of aliphatic hydroxyl groups is 2. The Kier molecular flexibility index (Phi) is 46.3. The summed E-state index contributed by atoms with van der Waals surface area (Å²) in [7, 11) is 0. The number of hydrogen-bond donors (Lipinski definition) is 3. The average Bonchev–Trinajstić information content (AvgIpc) is 3.19. The Bertz CT molecular complexity index is 795. The highest BCUT2D eigenvalue weighted by Crippen LogP contribution is 2.17. The monoisotopic (exact) mass is 774 g/mol. The van der Waals surface area contributed by atoms with Gasteiger partial charge in [-0.3, -0.25) is 4.79 Å². The van der Waals surface area contributed by atoms with Crippen LogP contribution in [0.3, 0.4) is 0 Å². The fourth-order valence-corrected chi connectivity index (χ4v) is 7.86. The molecule has 0 bridgehead atoms. The number of hydrogen-bond acceptors (Lipinski definition) is 3. The Balaban J connectivity index is 3.40. The SMILES string of the molecule is CCCCCCC/C=C\C/C=C\CCCCCCCCCCCCCCCCCCCCCC(=O)NC(CO)C(O)CCCCCCCCCCCCCC. The Morgan fingerprint density at radius 3 is 1.09 bits per heavy atom. The summed E-state index contributed by atoms with van der Waals surface area (Å²) in [5.74, 6) is -0.0281. The van der Waals surface area contributed by atoms with Gasteiger partial charge in [-0.25, -0.2) is 0 Å². The maximum absolute atomic E-state index is 12.4. The number of carbonyl (C=O) groups is 1. The van der Waals surface area contributed by atoms with E-state index in [-0.39, 0.29) is 12.5 Å². The molecule has 2 unspecified atom stereocenters. The van der Waals surface area contributed by atoms with E-state index in [9.17, 15) is 15.0 Å². The van der Waals surface area contributed by atoms with Gasteiger partial charge in [0.25, 0.3) is 0 Å². The number of rotatable bonds is 46. The van der Waals surface area contributed by atoms with E-state index in [0.717, 1.165) is 32.1 Å². The number of amides is 1. The fourth-order valence-electron chi connectivity index (χ4n) is 7.86. The van der Waals surface area contributed by atoms with E-state index in [4.69, 9.17) is 0 Å². The van der Waals surface area contributed by atoms with Crippen molar-refractivity contribution in [3.8, 4) is 0 Å². The van der Waals surface area contributed by atoms with Gasteiger partial charge in [-0.2, -0.15) is 0 Å².